The normalized spacial score (nSPS) is 17.9. The average Bonchev–Trinajstić information content (AvgIpc) is 3.17. The Labute approximate surface area is 209 Å². The van der Waals surface area contributed by atoms with E-state index in [1.165, 1.54) is 30.0 Å². The molecule has 1 N–H and O–H groups in total. The molecule has 1 aromatic carbocycles. The zero-order valence-electron chi connectivity index (χ0n) is 20.8. The van der Waals surface area contributed by atoms with Crippen LogP contribution in [0.2, 0.25) is 0 Å². The van der Waals surface area contributed by atoms with Gasteiger partial charge < -0.3 is 15.1 Å². The Kier molecular flexibility index (Phi) is 8.28. The number of carbonyl (C=O) groups is 1. The van der Waals surface area contributed by atoms with Gasteiger partial charge in [0, 0.05) is 52.0 Å². The van der Waals surface area contributed by atoms with Gasteiger partial charge >= 0.3 is 6.03 Å². The summed E-state index contributed by atoms with van der Waals surface area (Å²) < 4.78 is 27.5. The van der Waals surface area contributed by atoms with Crippen LogP contribution in [0.3, 0.4) is 0 Å². The maximum atomic E-state index is 13.0. The minimum atomic E-state index is -3.56. The maximum absolute atomic E-state index is 13.0. The summed E-state index contributed by atoms with van der Waals surface area (Å²) in [5, 5.41) is 2.95. The molecular weight excluding hydrogens is 462 g/mol. The van der Waals surface area contributed by atoms with Gasteiger partial charge in [-0.1, -0.05) is 44.9 Å². The summed E-state index contributed by atoms with van der Waals surface area (Å²) >= 11 is 0. The largest absolute Gasteiger partial charge is 0.357 e. The second kappa shape index (κ2) is 11.4. The Morgan fingerprint density at radius 1 is 0.914 bits per heavy atom. The molecule has 2 aliphatic rings. The van der Waals surface area contributed by atoms with Gasteiger partial charge in [0.1, 0.15) is 5.82 Å². The van der Waals surface area contributed by atoms with Gasteiger partial charge in [-0.2, -0.15) is 4.31 Å². The van der Waals surface area contributed by atoms with Gasteiger partial charge in [0.2, 0.25) is 10.0 Å². The predicted octanol–water partition coefficient (Wildman–Crippen LogP) is 3.80. The van der Waals surface area contributed by atoms with E-state index in [9.17, 15) is 13.2 Å². The lowest BCUT2D eigenvalue weighted by molar-refractivity contribution is 0.172. The molecular formula is C26H37N5O3S. The number of nitrogens with one attached hydrogen (secondary N) is 1. The Bertz CT molecular complexity index is 1070. The van der Waals surface area contributed by atoms with Crippen LogP contribution in [0.5, 0.6) is 0 Å². The number of hydrogen-bond acceptors (Lipinski definition) is 5. The number of amides is 2. The van der Waals surface area contributed by atoms with Gasteiger partial charge in [0.15, 0.2) is 0 Å². The summed E-state index contributed by atoms with van der Waals surface area (Å²) in [6.07, 6.45) is 6.81. The summed E-state index contributed by atoms with van der Waals surface area (Å²) in [6.45, 7) is 7.95. The first-order chi connectivity index (χ1) is 16.8. The average molecular weight is 500 g/mol. The van der Waals surface area contributed by atoms with Crippen LogP contribution in [0.4, 0.5) is 10.6 Å². The first kappa shape index (κ1) is 25.4. The summed E-state index contributed by atoms with van der Waals surface area (Å²) in [4.78, 5) is 21.6. The van der Waals surface area contributed by atoms with Crippen LogP contribution in [0.1, 0.15) is 56.6 Å². The number of aromatic nitrogens is 1. The van der Waals surface area contributed by atoms with Gasteiger partial charge in [-0.05, 0) is 48.1 Å². The van der Waals surface area contributed by atoms with Crippen LogP contribution in [0.15, 0.2) is 47.5 Å². The van der Waals surface area contributed by atoms with Crippen molar-refractivity contribution in [2.24, 2.45) is 0 Å². The lowest BCUT2D eigenvalue weighted by atomic mass is 10.0. The molecule has 9 heteroatoms. The number of anilines is 1. The molecule has 35 heavy (non-hydrogen) atoms. The first-order valence-corrected chi connectivity index (χ1v) is 14.1. The lowest BCUT2D eigenvalue weighted by Crippen LogP contribution is -2.52. The van der Waals surface area contributed by atoms with E-state index < -0.39 is 10.0 Å². The molecule has 2 saturated heterocycles. The van der Waals surface area contributed by atoms with E-state index in [-0.39, 0.29) is 19.1 Å². The third-order valence-electron chi connectivity index (χ3n) is 6.89. The lowest BCUT2D eigenvalue weighted by Gasteiger charge is -2.34. The van der Waals surface area contributed by atoms with Crippen LogP contribution in [0.25, 0.3) is 0 Å². The van der Waals surface area contributed by atoms with E-state index in [0.29, 0.717) is 30.4 Å². The van der Waals surface area contributed by atoms with E-state index in [4.69, 9.17) is 0 Å². The molecule has 190 valence electrons. The van der Waals surface area contributed by atoms with E-state index in [0.717, 1.165) is 30.0 Å². The molecule has 4 rings (SSSR count). The number of piperazine rings is 1. The Morgan fingerprint density at radius 3 is 2.14 bits per heavy atom. The molecule has 0 radical (unpaired) electrons. The van der Waals surface area contributed by atoms with Crippen molar-refractivity contribution in [3.63, 3.8) is 0 Å². The summed E-state index contributed by atoms with van der Waals surface area (Å²) in [7, 11) is -3.56. The number of pyridine rings is 1. The fourth-order valence-corrected chi connectivity index (χ4v) is 6.03. The highest BCUT2D eigenvalue weighted by Crippen LogP contribution is 2.21. The number of nitrogens with zero attached hydrogens (tertiary/aromatic N) is 4. The molecule has 0 bridgehead atoms. The number of hydrogen-bond donors (Lipinski definition) is 1. The fraction of sp³-hybridized carbons (Fsp3) is 0.538. The summed E-state index contributed by atoms with van der Waals surface area (Å²) in [5.41, 5.74) is 2.06. The zero-order chi connectivity index (χ0) is 24.8. The van der Waals surface area contributed by atoms with Crippen molar-refractivity contribution in [2.45, 2.75) is 56.9 Å². The Balaban J connectivity index is 1.26. The van der Waals surface area contributed by atoms with Crippen molar-refractivity contribution in [1.82, 2.24) is 19.5 Å². The van der Waals surface area contributed by atoms with Crippen LogP contribution in [-0.4, -0.2) is 67.9 Å². The van der Waals surface area contributed by atoms with Gasteiger partial charge in [0.25, 0.3) is 0 Å². The van der Waals surface area contributed by atoms with Crippen molar-refractivity contribution in [2.75, 3.05) is 44.2 Å². The molecule has 2 aliphatic heterocycles. The minimum absolute atomic E-state index is 0.181. The van der Waals surface area contributed by atoms with E-state index >= 15 is 0 Å². The molecule has 1 aromatic heterocycles. The highest BCUT2D eigenvalue weighted by Gasteiger charge is 2.30. The topological polar surface area (TPSA) is 85.8 Å². The van der Waals surface area contributed by atoms with Crippen LogP contribution >= 0.6 is 0 Å². The van der Waals surface area contributed by atoms with Gasteiger partial charge in [0.05, 0.1) is 4.90 Å². The number of sulfonamides is 1. The SMILES string of the molecule is CC(C)c1ccc(S(=O)(=O)N2CCN(C(=O)NCc3ccc(N4CCCCCC4)nc3)CC2)cc1. The number of benzene rings is 1. The minimum Gasteiger partial charge on any atom is -0.357 e. The predicted molar refractivity (Wildman–Crippen MR) is 138 cm³/mol. The molecule has 0 aliphatic carbocycles. The van der Waals surface area contributed by atoms with E-state index in [1.54, 1.807) is 17.0 Å². The number of carbonyl (C=O) groups excluding carboxylic acids is 1. The van der Waals surface area contributed by atoms with Gasteiger partial charge in [-0.15, -0.1) is 0 Å². The summed E-state index contributed by atoms with van der Waals surface area (Å²) in [5.74, 6) is 1.35. The molecule has 2 fully saturated rings. The molecule has 0 unspecified atom stereocenters. The first-order valence-electron chi connectivity index (χ1n) is 12.7. The van der Waals surface area contributed by atoms with Crippen molar-refractivity contribution in [3.8, 4) is 0 Å². The number of urea groups is 1. The standard InChI is InChI=1S/C26H37N5O3S/c1-21(2)23-8-10-24(11-9-23)35(33,34)31-17-15-30(16-18-31)26(32)28-20-22-7-12-25(27-19-22)29-13-5-3-4-6-14-29/h7-12,19,21H,3-6,13-18,20H2,1-2H3,(H,28,32). The molecule has 3 heterocycles. The van der Waals surface area contributed by atoms with Crippen molar-refractivity contribution >= 4 is 21.9 Å². The smallest absolute Gasteiger partial charge is 0.317 e. The monoisotopic (exact) mass is 499 g/mol. The quantitative estimate of drug-likeness (QED) is 0.653. The van der Waals surface area contributed by atoms with E-state index in [2.05, 4.69) is 29.0 Å². The summed E-state index contributed by atoms with van der Waals surface area (Å²) in [6, 6.07) is 11.0. The fourth-order valence-electron chi connectivity index (χ4n) is 4.60. The highest BCUT2D eigenvalue weighted by molar-refractivity contribution is 7.89. The van der Waals surface area contributed by atoms with Crippen molar-refractivity contribution < 1.29 is 13.2 Å². The molecule has 2 amide bonds. The van der Waals surface area contributed by atoms with Crippen LogP contribution in [0, 0.1) is 0 Å². The van der Waals surface area contributed by atoms with Gasteiger partial charge in [-0.25, -0.2) is 18.2 Å². The van der Waals surface area contributed by atoms with Gasteiger partial charge in [-0.3, -0.25) is 0 Å². The number of rotatable bonds is 6. The second-order valence-corrected chi connectivity index (χ2v) is 11.6. The third-order valence-corrected chi connectivity index (χ3v) is 8.81. The Morgan fingerprint density at radius 2 is 1.57 bits per heavy atom. The Hall–Kier alpha value is -2.65. The van der Waals surface area contributed by atoms with Crippen molar-refractivity contribution in [3.05, 3.63) is 53.7 Å². The highest BCUT2D eigenvalue weighted by atomic mass is 32.2. The molecule has 0 spiro atoms. The van der Waals surface area contributed by atoms with Crippen molar-refractivity contribution in [1.29, 1.82) is 0 Å². The zero-order valence-corrected chi connectivity index (χ0v) is 21.6. The van der Waals surface area contributed by atoms with E-state index in [1.807, 2.05) is 30.5 Å². The molecule has 8 nitrogen and oxygen atoms in total. The van der Waals surface area contributed by atoms with Crippen LogP contribution < -0.4 is 10.2 Å². The second-order valence-electron chi connectivity index (χ2n) is 9.70. The van der Waals surface area contributed by atoms with Crippen LogP contribution in [-0.2, 0) is 16.6 Å². The molecule has 0 atom stereocenters. The molecule has 0 saturated carbocycles. The molecule has 2 aromatic rings. The maximum Gasteiger partial charge on any atom is 0.317 e. The third kappa shape index (κ3) is 6.32.